The summed E-state index contributed by atoms with van der Waals surface area (Å²) in [6, 6.07) is 13.4. The maximum atomic E-state index is 4.50. The smallest absolute Gasteiger partial charge is 0.0929 e. The van der Waals surface area contributed by atoms with Gasteiger partial charge in [-0.1, -0.05) is 115 Å². The average Bonchev–Trinajstić information content (AvgIpc) is 2.84. The molecule has 0 N–H and O–H groups in total. The van der Waals surface area contributed by atoms with Crippen LogP contribution in [0.15, 0.2) is 36.4 Å². The number of hydrogen-bond donors (Lipinski definition) is 0. The van der Waals surface area contributed by atoms with Gasteiger partial charge in [0.25, 0.3) is 0 Å². The summed E-state index contributed by atoms with van der Waals surface area (Å²) < 4.78 is 0. The summed E-state index contributed by atoms with van der Waals surface area (Å²) in [6.45, 7) is 4.57. The van der Waals surface area contributed by atoms with Crippen LogP contribution in [0.5, 0.6) is 0 Å². The van der Waals surface area contributed by atoms with Crippen LogP contribution in [0, 0.1) is 11.8 Å². The first-order valence-electron chi connectivity index (χ1n) is 13.7. The predicted octanol–water partition coefficient (Wildman–Crippen LogP) is 8.98. The fraction of sp³-hybridized carbons (Fsp3) is 0.667. The summed E-state index contributed by atoms with van der Waals surface area (Å²) in [5.74, 6) is 1.96. The Bertz CT molecular complexity index is 726. The second kappa shape index (κ2) is 14.4. The Morgan fingerprint density at radius 2 is 1.28 bits per heavy atom. The fourth-order valence-electron chi connectivity index (χ4n) is 5.26. The van der Waals surface area contributed by atoms with E-state index in [1.807, 2.05) is 0 Å². The first kappa shape index (κ1) is 24.9. The van der Waals surface area contributed by atoms with Crippen molar-refractivity contribution in [3.8, 4) is 11.3 Å². The Hall–Kier alpha value is -1.70. The molecule has 1 aromatic carbocycles. The molecule has 32 heavy (non-hydrogen) atoms. The van der Waals surface area contributed by atoms with Gasteiger partial charge in [-0.15, -0.1) is 0 Å². The monoisotopic (exact) mass is 434 g/mol. The van der Waals surface area contributed by atoms with Crippen LogP contribution in [0.1, 0.15) is 115 Å². The van der Waals surface area contributed by atoms with Crippen LogP contribution in [0.3, 0.4) is 0 Å². The maximum Gasteiger partial charge on any atom is 0.0929 e. The normalized spacial score (nSPS) is 18.7. The van der Waals surface area contributed by atoms with E-state index in [4.69, 9.17) is 0 Å². The molecule has 1 aliphatic rings. The Labute approximate surface area is 197 Å². The summed E-state index contributed by atoms with van der Waals surface area (Å²) in [6.07, 6.45) is 21.7. The lowest BCUT2D eigenvalue weighted by atomic mass is 9.78. The number of rotatable bonds is 14. The van der Waals surface area contributed by atoms with E-state index in [-0.39, 0.29) is 0 Å². The third-order valence-electron chi connectivity index (χ3n) is 7.53. The molecule has 0 radical (unpaired) electrons. The van der Waals surface area contributed by atoms with Crippen molar-refractivity contribution in [3.05, 3.63) is 47.7 Å². The van der Waals surface area contributed by atoms with Gasteiger partial charge in [0.05, 0.1) is 11.4 Å². The van der Waals surface area contributed by atoms with Gasteiger partial charge in [0.1, 0.15) is 0 Å². The van der Waals surface area contributed by atoms with Crippen molar-refractivity contribution in [1.29, 1.82) is 0 Å². The third kappa shape index (κ3) is 8.68. The Kier molecular flexibility index (Phi) is 11.3. The van der Waals surface area contributed by atoms with E-state index in [0.29, 0.717) is 0 Å². The van der Waals surface area contributed by atoms with E-state index in [0.717, 1.165) is 29.6 Å². The summed E-state index contributed by atoms with van der Waals surface area (Å²) in [4.78, 5) is 0. The highest BCUT2D eigenvalue weighted by molar-refractivity contribution is 5.58. The molecule has 0 aliphatic heterocycles. The quantitative estimate of drug-likeness (QED) is 0.277. The van der Waals surface area contributed by atoms with Gasteiger partial charge >= 0.3 is 0 Å². The summed E-state index contributed by atoms with van der Waals surface area (Å²) in [5, 5.41) is 8.97. The van der Waals surface area contributed by atoms with Gasteiger partial charge in [0.2, 0.25) is 0 Å². The van der Waals surface area contributed by atoms with Gasteiger partial charge in [-0.25, -0.2) is 0 Å². The minimum absolute atomic E-state index is 0.942. The zero-order chi connectivity index (χ0) is 22.4. The van der Waals surface area contributed by atoms with Gasteiger partial charge in [-0.2, -0.15) is 10.2 Å². The number of aromatic nitrogens is 2. The molecule has 1 fully saturated rings. The molecule has 176 valence electrons. The van der Waals surface area contributed by atoms with E-state index in [1.54, 1.807) is 0 Å². The summed E-state index contributed by atoms with van der Waals surface area (Å²) in [7, 11) is 0. The molecule has 0 unspecified atom stereocenters. The molecule has 1 saturated carbocycles. The van der Waals surface area contributed by atoms with Crippen LogP contribution >= 0.6 is 0 Å². The molecule has 2 heteroatoms. The fourth-order valence-corrected chi connectivity index (χ4v) is 5.26. The second-order valence-electron chi connectivity index (χ2n) is 10.2. The molecule has 2 aromatic rings. The molecule has 1 heterocycles. The van der Waals surface area contributed by atoms with Gasteiger partial charge in [0, 0.05) is 5.56 Å². The highest BCUT2D eigenvalue weighted by Gasteiger charge is 2.20. The number of benzene rings is 1. The standard InChI is InChI=1S/C30H46N2/c1-3-5-7-8-10-12-29-23-24-30(32-31-29)28-21-19-27(20-22-28)18-17-26-15-13-25(14-16-26)11-9-6-4-2/h19-26H,3-18H2,1-2H3. The van der Waals surface area contributed by atoms with Crippen molar-refractivity contribution < 1.29 is 0 Å². The molecule has 3 rings (SSSR count). The van der Waals surface area contributed by atoms with Crippen molar-refractivity contribution in [2.24, 2.45) is 11.8 Å². The number of unbranched alkanes of at least 4 members (excludes halogenated alkanes) is 6. The summed E-state index contributed by atoms with van der Waals surface area (Å²) >= 11 is 0. The van der Waals surface area contributed by atoms with E-state index >= 15 is 0 Å². The highest BCUT2D eigenvalue weighted by Crippen LogP contribution is 2.34. The summed E-state index contributed by atoms with van der Waals surface area (Å²) in [5.41, 5.74) is 4.77. The Morgan fingerprint density at radius 3 is 1.94 bits per heavy atom. The molecule has 0 spiro atoms. The van der Waals surface area contributed by atoms with Crippen LogP contribution in [0.4, 0.5) is 0 Å². The van der Waals surface area contributed by atoms with Crippen molar-refractivity contribution in [2.75, 3.05) is 0 Å². The van der Waals surface area contributed by atoms with E-state index < -0.39 is 0 Å². The molecule has 0 saturated heterocycles. The molecular weight excluding hydrogens is 388 g/mol. The Morgan fingerprint density at radius 1 is 0.625 bits per heavy atom. The van der Waals surface area contributed by atoms with E-state index in [1.165, 1.54) is 107 Å². The second-order valence-corrected chi connectivity index (χ2v) is 10.2. The van der Waals surface area contributed by atoms with Crippen molar-refractivity contribution in [3.63, 3.8) is 0 Å². The minimum atomic E-state index is 0.942. The van der Waals surface area contributed by atoms with Gasteiger partial charge in [0.15, 0.2) is 0 Å². The number of hydrogen-bond acceptors (Lipinski definition) is 2. The van der Waals surface area contributed by atoms with Gasteiger partial charge < -0.3 is 0 Å². The average molecular weight is 435 g/mol. The van der Waals surface area contributed by atoms with Crippen LogP contribution in [-0.4, -0.2) is 10.2 Å². The lowest BCUT2D eigenvalue weighted by Gasteiger charge is -2.28. The first-order chi connectivity index (χ1) is 15.8. The topological polar surface area (TPSA) is 25.8 Å². The third-order valence-corrected chi connectivity index (χ3v) is 7.53. The van der Waals surface area contributed by atoms with Gasteiger partial charge in [-0.3, -0.25) is 0 Å². The highest BCUT2D eigenvalue weighted by atomic mass is 15.1. The van der Waals surface area contributed by atoms with Gasteiger partial charge in [-0.05, 0) is 55.2 Å². The largest absolute Gasteiger partial charge is 0.155 e. The SMILES string of the molecule is CCCCCCCc1ccc(-c2ccc(CCC3CCC(CCCCC)CC3)cc2)nn1. The van der Waals surface area contributed by atoms with Crippen molar-refractivity contribution in [1.82, 2.24) is 10.2 Å². The number of aryl methyl sites for hydroxylation is 2. The molecular formula is C30H46N2. The molecule has 2 nitrogen and oxygen atoms in total. The zero-order valence-corrected chi connectivity index (χ0v) is 20.8. The zero-order valence-electron chi connectivity index (χ0n) is 20.8. The molecule has 1 aromatic heterocycles. The minimum Gasteiger partial charge on any atom is -0.155 e. The first-order valence-corrected chi connectivity index (χ1v) is 13.7. The van der Waals surface area contributed by atoms with Crippen LogP contribution in [0.2, 0.25) is 0 Å². The molecule has 1 aliphatic carbocycles. The molecule has 0 atom stereocenters. The van der Waals surface area contributed by atoms with Crippen LogP contribution < -0.4 is 0 Å². The lowest BCUT2D eigenvalue weighted by molar-refractivity contribution is 0.249. The number of nitrogens with zero attached hydrogens (tertiary/aromatic N) is 2. The van der Waals surface area contributed by atoms with E-state index in [9.17, 15) is 0 Å². The van der Waals surface area contributed by atoms with Crippen LogP contribution in [0.25, 0.3) is 11.3 Å². The van der Waals surface area contributed by atoms with Crippen molar-refractivity contribution >= 4 is 0 Å². The van der Waals surface area contributed by atoms with Crippen LogP contribution in [-0.2, 0) is 12.8 Å². The molecule has 0 amide bonds. The molecule has 0 bridgehead atoms. The lowest BCUT2D eigenvalue weighted by Crippen LogP contribution is -2.15. The van der Waals surface area contributed by atoms with E-state index in [2.05, 4.69) is 60.4 Å². The Balaban J connectivity index is 1.38. The van der Waals surface area contributed by atoms with Crippen molar-refractivity contribution in [2.45, 2.75) is 117 Å². The maximum absolute atomic E-state index is 4.50. The predicted molar refractivity (Wildman–Crippen MR) is 138 cm³/mol.